The van der Waals surface area contributed by atoms with Crippen molar-refractivity contribution in [3.63, 3.8) is 0 Å². The molecule has 2 aromatic rings. The van der Waals surface area contributed by atoms with Gasteiger partial charge in [0.2, 0.25) is 0 Å². The van der Waals surface area contributed by atoms with Crippen molar-refractivity contribution in [3.05, 3.63) is 65.2 Å². The monoisotopic (exact) mass is 281 g/mol. The lowest BCUT2D eigenvalue weighted by atomic mass is 9.87. The maximum absolute atomic E-state index is 5.48. The zero-order valence-electron chi connectivity index (χ0n) is 12.6. The summed E-state index contributed by atoms with van der Waals surface area (Å²) >= 11 is 0. The van der Waals surface area contributed by atoms with Gasteiger partial charge in [0.25, 0.3) is 0 Å². The Balaban J connectivity index is 1.63. The van der Waals surface area contributed by atoms with Crippen LogP contribution in [-0.4, -0.2) is 6.61 Å². The second-order valence-corrected chi connectivity index (χ2v) is 5.60. The molecule has 0 aliphatic heterocycles. The molecule has 0 saturated heterocycles. The molecule has 1 aliphatic rings. The van der Waals surface area contributed by atoms with Gasteiger partial charge in [0.05, 0.1) is 6.61 Å². The quantitative estimate of drug-likeness (QED) is 0.884. The number of benzene rings is 2. The van der Waals surface area contributed by atoms with Crippen LogP contribution in [0.2, 0.25) is 0 Å². The molecule has 0 bridgehead atoms. The van der Waals surface area contributed by atoms with E-state index in [1.165, 1.54) is 36.0 Å². The maximum atomic E-state index is 5.48. The average Bonchev–Trinajstić information content (AvgIpc) is 2.54. The summed E-state index contributed by atoms with van der Waals surface area (Å²) in [6.07, 6.45) is 3.73. The molecular formula is C19H23NO. The first-order chi connectivity index (χ1) is 10.4. The van der Waals surface area contributed by atoms with Gasteiger partial charge in [0, 0.05) is 12.6 Å². The number of rotatable bonds is 5. The van der Waals surface area contributed by atoms with E-state index in [1.54, 1.807) is 0 Å². The summed E-state index contributed by atoms with van der Waals surface area (Å²) in [5, 5.41) is 3.70. The molecule has 0 unspecified atom stereocenters. The zero-order valence-corrected chi connectivity index (χ0v) is 12.6. The molecule has 1 aliphatic carbocycles. The number of aryl methyl sites for hydroxylation is 1. The van der Waals surface area contributed by atoms with E-state index in [9.17, 15) is 0 Å². The van der Waals surface area contributed by atoms with Crippen molar-refractivity contribution in [2.45, 2.75) is 38.8 Å². The molecule has 110 valence electrons. The SMILES string of the molecule is CCOc1ccc(CN[C@H]2CCCc3ccccc32)cc1. The predicted octanol–water partition coefficient (Wildman–Crippen LogP) is 4.25. The van der Waals surface area contributed by atoms with Crippen LogP contribution in [0, 0.1) is 0 Å². The molecule has 0 heterocycles. The Bertz CT molecular complexity index is 576. The second kappa shape index (κ2) is 6.77. The van der Waals surface area contributed by atoms with Crippen molar-refractivity contribution in [2.75, 3.05) is 6.61 Å². The van der Waals surface area contributed by atoms with E-state index in [0.29, 0.717) is 6.04 Å². The lowest BCUT2D eigenvalue weighted by Gasteiger charge is -2.26. The van der Waals surface area contributed by atoms with E-state index >= 15 is 0 Å². The number of hydrogen-bond acceptors (Lipinski definition) is 2. The van der Waals surface area contributed by atoms with Crippen LogP contribution in [0.25, 0.3) is 0 Å². The molecule has 21 heavy (non-hydrogen) atoms. The third-order valence-corrected chi connectivity index (χ3v) is 4.16. The summed E-state index contributed by atoms with van der Waals surface area (Å²) < 4.78 is 5.48. The predicted molar refractivity (Wildman–Crippen MR) is 86.6 cm³/mol. The van der Waals surface area contributed by atoms with Crippen LogP contribution in [0.15, 0.2) is 48.5 Å². The van der Waals surface area contributed by atoms with Gasteiger partial charge in [-0.25, -0.2) is 0 Å². The second-order valence-electron chi connectivity index (χ2n) is 5.60. The van der Waals surface area contributed by atoms with Gasteiger partial charge in [0.1, 0.15) is 5.75 Å². The van der Waals surface area contributed by atoms with E-state index in [0.717, 1.165) is 18.9 Å². The maximum Gasteiger partial charge on any atom is 0.119 e. The van der Waals surface area contributed by atoms with Gasteiger partial charge in [0.15, 0.2) is 0 Å². The third-order valence-electron chi connectivity index (χ3n) is 4.16. The number of hydrogen-bond donors (Lipinski definition) is 1. The molecule has 0 spiro atoms. The van der Waals surface area contributed by atoms with Crippen molar-refractivity contribution in [1.29, 1.82) is 0 Å². The molecule has 0 radical (unpaired) electrons. The summed E-state index contributed by atoms with van der Waals surface area (Å²) in [7, 11) is 0. The molecule has 0 fully saturated rings. The molecule has 0 saturated carbocycles. The zero-order chi connectivity index (χ0) is 14.5. The lowest BCUT2D eigenvalue weighted by molar-refractivity contribution is 0.340. The van der Waals surface area contributed by atoms with Crippen molar-refractivity contribution >= 4 is 0 Å². The van der Waals surface area contributed by atoms with E-state index in [1.807, 2.05) is 6.92 Å². The fourth-order valence-electron chi connectivity index (χ4n) is 3.08. The highest BCUT2D eigenvalue weighted by Crippen LogP contribution is 2.29. The molecule has 0 aromatic heterocycles. The third kappa shape index (κ3) is 3.45. The van der Waals surface area contributed by atoms with Crippen LogP contribution in [0.1, 0.15) is 42.5 Å². The van der Waals surface area contributed by atoms with Crippen molar-refractivity contribution in [3.8, 4) is 5.75 Å². The van der Waals surface area contributed by atoms with Gasteiger partial charge in [-0.3, -0.25) is 0 Å². The first kappa shape index (κ1) is 14.2. The molecule has 3 rings (SSSR count). The van der Waals surface area contributed by atoms with Gasteiger partial charge >= 0.3 is 0 Å². The van der Waals surface area contributed by atoms with Crippen LogP contribution in [0.4, 0.5) is 0 Å². The van der Waals surface area contributed by atoms with Gasteiger partial charge in [-0.15, -0.1) is 0 Å². The Morgan fingerprint density at radius 1 is 1.10 bits per heavy atom. The molecule has 2 aromatic carbocycles. The van der Waals surface area contributed by atoms with E-state index in [4.69, 9.17) is 4.74 Å². The summed E-state index contributed by atoms with van der Waals surface area (Å²) in [5.41, 5.74) is 4.30. The van der Waals surface area contributed by atoms with Gasteiger partial charge in [-0.05, 0) is 55.0 Å². The number of fused-ring (bicyclic) bond motifs is 1. The molecule has 0 amide bonds. The minimum Gasteiger partial charge on any atom is -0.494 e. The lowest BCUT2D eigenvalue weighted by Crippen LogP contribution is -2.24. The Kier molecular flexibility index (Phi) is 4.56. The van der Waals surface area contributed by atoms with Gasteiger partial charge in [-0.1, -0.05) is 36.4 Å². The summed E-state index contributed by atoms with van der Waals surface area (Å²) in [6.45, 7) is 3.64. The minimum atomic E-state index is 0.488. The minimum absolute atomic E-state index is 0.488. The van der Waals surface area contributed by atoms with E-state index in [2.05, 4.69) is 53.8 Å². The van der Waals surface area contributed by atoms with Crippen molar-refractivity contribution < 1.29 is 4.74 Å². The fraction of sp³-hybridized carbons (Fsp3) is 0.368. The van der Waals surface area contributed by atoms with Gasteiger partial charge < -0.3 is 10.1 Å². The Labute approximate surface area is 127 Å². The summed E-state index contributed by atoms with van der Waals surface area (Å²) in [5.74, 6) is 0.948. The van der Waals surface area contributed by atoms with Crippen LogP contribution < -0.4 is 10.1 Å². The Morgan fingerprint density at radius 3 is 2.71 bits per heavy atom. The smallest absolute Gasteiger partial charge is 0.119 e. The van der Waals surface area contributed by atoms with E-state index in [-0.39, 0.29) is 0 Å². The average molecular weight is 281 g/mol. The van der Waals surface area contributed by atoms with Crippen LogP contribution in [0.3, 0.4) is 0 Å². The van der Waals surface area contributed by atoms with E-state index < -0.39 is 0 Å². The summed E-state index contributed by atoms with van der Waals surface area (Å²) in [6, 6.07) is 17.7. The standard InChI is InChI=1S/C19H23NO/c1-2-21-17-12-10-15(11-13-17)14-20-19-9-5-7-16-6-3-4-8-18(16)19/h3-4,6,8,10-13,19-20H,2,5,7,9,14H2,1H3/t19-/m0/s1. The van der Waals surface area contributed by atoms with Crippen LogP contribution >= 0.6 is 0 Å². The fourth-order valence-corrected chi connectivity index (χ4v) is 3.08. The molecule has 1 N–H and O–H groups in total. The largest absolute Gasteiger partial charge is 0.494 e. The normalized spacial score (nSPS) is 17.3. The number of ether oxygens (including phenoxy) is 1. The first-order valence-corrected chi connectivity index (χ1v) is 7.89. The van der Waals surface area contributed by atoms with Crippen LogP contribution in [-0.2, 0) is 13.0 Å². The molecule has 1 atom stereocenters. The highest BCUT2D eigenvalue weighted by molar-refractivity contribution is 5.32. The molecular weight excluding hydrogens is 258 g/mol. The molecule has 2 heteroatoms. The summed E-state index contributed by atoms with van der Waals surface area (Å²) in [4.78, 5) is 0. The van der Waals surface area contributed by atoms with Crippen LogP contribution in [0.5, 0.6) is 5.75 Å². The Morgan fingerprint density at radius 2 is 1.90 bits per heavy atom. The van der Waals surface area contributed by atoms with Crippen molar-refractivity contribution in [2.24, 2.45) is 0 Å². The number of nitrogens with one attached hydrogen (secondary N) is 1. The highest BCUT2D eigenvalue weighted by Gasteiger charge is 2.18. The molecule has 2 nitrogen and oxygen atoms in total. The topological polar surface area (TPSA) is 21.3 Å². The van der Waals surface area contributed by atoms with Gasteiger partial charge in [-0.2, -0.15) is 0 Å². The highest BCUT2D eigenvalue weighted by atomic mass is 16.5. The Hall–Kier alpha value is -1.80. The first-order valence-electron chi connectivity index (χ1n) is 7.89. The van der Waals surface area contributed by atoms with Crippen molar-refractivity contribution in [1.82, 2.24) is 5.32 Å².